The van der Waals surface area contributed by atoms with Crippen molar-refractivity contribution in [1.29, 1.82) is 0 Å². The van der Waals surface area contributed by atoms with Gasteiger partial charge in [-0.2, -0.15) is 0 Å². The first kappa shape index (κ1) is 12.9. The van der Waals surface area contributed by atoms with Gasteiger partial charge in [-0.25, -0.2) is 0 Å². The molecule has 1 rings (SSSR count). The number of aldehydes is 1. The van der Waals surface area contributed by atoms with Gasteiger partial charge >= 0.3 is 0 Å². The highest BCUT2D eigenvalue weighted by Crippen LogP contribution is 2.06. The van der Waals surface area contributed by atoms with Gasteiger partial charge in [0.2, 0.25) is 0 Å². The van der Waals surface area contributed by atoms with Crippen molar-refractivity contribution in [3.63, 3.8) is 0 Å². The molecule has 0 aliphatic rings. The average Bonchev–Trinajstić information content (AvgIpc) is 2.37. The lowest BCUT2D eigenvalue weighted by Crippen LogP contribution is -1.73. The van der Waals surface area contributed by atoms with Crippen molar-refractivity contribution in [1.82, 2.24) is 0 Å². The van der Waals surface area contributed by atoms with E-state index in [1.54, 1.807) is 6.08 Å². The Kier molecular flexibility index (Phi) is 6.12. The van der Waals surface area contributed by atoms with Crippen LogP contribution in [0.3, 0.4) is 0 Å². The summed E-state index contributed by atoms with van der Waals surface area (Å²) in [4.78, 5) is 10.0. The summed E-state index contributed by atoms with van der Waals surface area (Å²) in [6.45, 7) is 3.96. The number of carbonyl (C=O) groups excluding carboxylic acids is 1. The summed E-state index contributed by atoms with van der Waals surface area (Å²) in [6.07, 6.45) is 12.6. The molecule has 86 valence electrons. The second-order valence-electron chi connectivity index (χ2n) is 3.56. The molecular weight excluding hydrogens is 208 g/mol. The van der Waals surface area contributed by atoms with Crippen molar-refractivity contribution < 1.29 is 4.79 Å². The van der Waals surface area contributed by atoms with E-state index in [0.717, 1.165) is 18.3 Å². The van der Waals surface area contributed by atoms with E-state index in [9.17, 15) is 4.79 Å². The summed E-state index contributed by atoms with van der Waals surface area (Å²) < 4.78 is 0. The van der Waals surface area contributed by atoms with Gasteiger partial charge in [0.25, 0.3) is 0 Å². The van der Waals surface area contributed by atoms with E-state index in [1.807, 2.05) is 54.6 Å². The van der Waals surface area contributed by atoms with Gasteiger partial charge in [-0.1, -0.05) is 72.9 Å². The maximum absolute atomic E-state index is 10.0. The molecule has 0 amide bonds. The molecule has 0 radical (unpaired) electrons. The molecule has 0 unspecified atom stereocenters. The highest BCUT2D eigenvalue weighted by atomic mass is 16.1. The van der Waals surface area contributed by atoms with Crippen LogP contribution in [0.2, 0.25) is 0 Å². The molecule has 1 aromatic carbocycles. The van der Waals surface area contributed by atoms with Crippen LogP contribution >= 0.6 is 0 Å². The number of benzene rings is 1. The molecule has 0 fully saturated rings. The van der Waals surface area contributed by atoms with Gasteiger partial charge in [-0.3, -0.25) is 4.79 Å². The number of rotatable bonds is 6. The Morgan fingerprint density at radius 2 is 1.88 bits per heavy atom. The molecule has 0 aliphatic heterocycles. The second kappa shape index (κ2) is 8.05. The van der Waals surface area contributed by atoms with Crippen molar-refractivity contribution >= 4 is 12.4 Å². The van der Waals surface area contributed by atoms with Crippen molar-refractivity contribution in [2.75, 3.05) is 0 Å². The molecule has 0 heterocycles. The summed E-state index contributed by atoms with van der Waals surface area (Å²) in [6, 6.07) is 10.1. The lowest BCUT2D eigenvalue weighted by molar-refractivity contribution is -0.104. The Morgan fingerprint density at radius 1 is 1.12 bits per heavy atom. The first-order valence-electron chi connectivity index (χ1n) is 5.51. The summed E-state index contributed by atoms with van der Waals surface area (Å²) in [7, 11) is 0. The molecule has 1 nitrogen and oxygen atoms in total. The first-order valence-corrected chi connectivity index (χ1v) is 5.51. The molecule has 0 spiro atoms. The average molecular weight is 224 g/mol. The Morgan fingerprint density at radius 3 is 2.59 bits per heavy atom. The van der Waals surface area contributed by atoms with Crippen molar-refractivity contribution in [3.05, 3.63) is 78.4 Å². The van der Waals surface area contributed by atoms with E-state index in [-0.39, 0.29) is 0 Å². The van der Waals surface area contributed by atoms with Crippen LogP contribution in [0.5, 0.6) is 0 Å². The van der Waals surface area contributed by atoms with Crippen molar-refractivity contribution in [3.8, 4) is 0 Å². The number of hydrogen-bond acceptors (Lipinski definition) is 1. The summed E-state index contributed by atoms with van der Waals surface area (Å²) in [5.74, 6) is 0. The minimum absolute atomic E-state index is 0.758. The molecule has 0 saturated carbocycles. The predicted octanol–water partition coefficient (Wildman–Crippen LogP) is 3.96. The van der Waals surface area contributed by atoms with Crippen LogP contribution in [0, 0.1) is 0 Å². The number of hydrogen-bond donors (Lipinski definition) is 0. The molecule has 0 atom stereocenters. The van der Waals surface area contributed by atoms with Crippen LogP contribution in [-0.4, -0.2) is 6.29 Å². The molecule has 0 N–H and O–H groups in total. The summed E-state index contributed by atoms with van der Waals surface area (Å²) in [5.41, 5.74) is 2.20. The quantitative estimate of drug-likeness (QED) is 0.406. The van der Waals surface area contributed by atoms with Crippen molar-refractivity contribution in [2.45, 2.75) is 6.42 Å². The molecule has 0 aliphatic carbocycles. The Bertz CT molecular complexity index is 436. The fraction of sp³-hybridized carbons (Fsp3) is 0.0625. The van der Waals surface area contributed by atoms with Gasteiger partial charge in [-0.15, -0.1) is 0 Å². The molecule has 0 bridgehead atoms. The van der Waals surface area contributed by atoms with E-state index in [2.05, 4.69) is 6.58 Å². The van der Waals surface area contributed by atoms with Crippen LogP contribution in [-0.2, 0) is 4.79 Å². The molecule has 0 aromatic heterocycles. The number of allylic oxidation sites excluding steroid dienone is 6. The third-order valence-corrected chi connectivity index (χ3v) is 2.13. The van der Waals surface area contributed by atoms with Crippen LogP contribution < -0.4 is 0 Å². The van der Waals surface area contributed by atoms with Gasteiger partial charge in [0.15, 0.2) is 0 Å². The van der Waals surface area contributed by atoms with Crippen LogP contribution in [0.25, 0.3) is 6.08 Å². The largest absolute Gasteiger partial charge is 0.299 e. The minimum Gasteiger partial charge on any atom is -0.299 e. The third-order valence-electron chi connectivity index (χ3n) is 2.13. The fourth-order valence-corrected chi connectivity index (χ4v) is 1.25. The molecule has 17 heavy (non-hydrogen) atoms. The maximum atomic E-state index is 10.0. The zero-order chi connectivity index (χ0) is 12.3. The van der Waals surface area contributed by atoms with Crippen LogP contribution in [0.15, 0.2) is 72.9 Å². The Labute approximate surface area is 102 Å². The molecule has 0 saturated heterocycles. The lowest BCUT2D eigenvalue weighted by Gasteiger charge is -1.94. The van der Waals surface area contributed by atoms with E-state index in [4.69, 9.17) is 0 Å². The number of carbonyl (C=O) groups is 1. The van der Waals surface area contributed by atoms with Gasteiger partial charge in [-0.05, 0) is 18.1 Å². The highest BCUT2D eigenvalue weighted by molar-refractivity contribution is 5.65. The van der Waals surface area contributed by atoms with Gasteiger partial charge in [0.1, 0.15) is 6.29 Å². The Balaban J connectivity index is 2.40. The monoisotopic (exact) mass is 224 g/mol. The third kappa shape index (κ3) is 6.10. The SMILES string of the molecule is C=C(/C=C/c1ccccc1)C/C=C/C=C/C=O. The van der Waals surface area contributed by atoms with Gasteiger partial charge in [0, 0.05) is 0 Å². The van der Waals surface area contributed by atoms with Gasteiger partial charge < -0.3 is 0 Å². The highest BCUT2D eigenvalue weighted by Gasteiger charge is 1.85. The molecule has 1 aromatic rings. The molecular formula is C16H16O. The predicted molar refractivity (Wildman–Crippen MR) is 73.6 cm³/mol. The van der Waals surface area contributed by atoms with Crippen LogP contribution in [0.4, 0.5) is 0 Å². The standard InChI is InChI=1S/C16H16O/c1-15(9-5-2-3-8-14-17)12-13-16-10-6-4-7-11-16/h2-8,10-14H,1,9H2/b5-2+,8-3+,13-12+. The van der Waals surface area contributed by atoms with E-state index in [0.29, 0.717) is 0 Å². The first-order chi connectivity index (χ1) is 8.33. The second-order valence-corrected chi connectivity index (χ2v) is 3.56. The van der Waals surface area contributed by atoms with E-state index in [1.165, 1.54) is 11.6 Å². The minimum atomic E-state index is 0.758. The molecule has 1 heteroatoms. The zero-order valence-electron chi connectivity index (χ0n) is 9.75. The lowest BCUT2D eigenvalue weighted by atomic mass is 10.1. The van der Waals surface area contributed by atoms with Crippen molar-refractivity contribution in [2.24, 2.45) is 0 Å². The summed E-state index contributed by atoms with van der Waals surface area (Å²) in [5, 5.41) is 0. The van der Waals surface area contributed by atoms with E-state index >= 15 is 0 Å². The smallest absolute Gasteiger partial charge is 0.142 e. The summed E-state index contributed by atoms with van der Waals surface area (Å²) >= 11 is 0. The normalized spacial score (nSPS) is 11.5. The topological polar surface area (TPSA) is 17.1 Å². The Hall–Kier alpha value is -2.15. The zero-order valence-corrected chi connectivity index (χ0v) is 9.75. The maximum Gasteiger partial charge on any atom is 0.142 e. The van der Waals surface area contributed by atoms with E-state index < -0.39 is 0 Å². The van der Waals surface area contributed by atoms with Gasteiger partial charge in [0.05, 0.1) is 0 Å². The fourth-order valence-electron chi connectivity index (χ4n) is 1.25. The van der Waals surface area contributed by atoms with Crippen LogP contribution in [0.1, 0.15) is 12.0 Å².